The number of benzene rings is 1. The van der Waals surface area contributed by atoms with Gasteiger partial charge in [-0.2, -0.15) is 13.2 Å². The number of anilines is 1. The lowest BCUT2D eigenvalue weighted by Crippen LogP contribution is -2.63. The van der Waals surface area contributed by atoms with E-state index in [0.29, 0.717) is 6.42 Å². The van der Waals surface area contributed by atoms with Gasteiger partial charge in [0.15, 0.2) is 0 Å². The summed E-state index contributed by atoms with van der Waals surface area (Å²) in [7, 11) is 1.44. The summed E-state index contributed by atoms with van der Waals surface area (Å²) in [5, 5.41) is 2.46. The van der Waals surface area contributed by atoms with Gasteiger partial charge in [-0.05, 0) is 37.5 Å². The van der Waals surface area contributed by atoms with Crippen LogP contribution in [0.15, 0.2) is 18.2 Å². The number of hydrogen-bond donors (Lipinski definition) is 1. The number of alkyl halides is 3. The maximum absolute atomic E-state index is 13.1. The zero-order valence-electron chi connectivity index (χ0n) is 16.5. The molecule has 2 fully saturated rings. The number of likely N-dealkylation sites (tertiary alicyclic amines) is 1. The highest BCUT2D eigenvalue weighted by molar-refractivity contribution is 6.33. The molecule has 3 rings (SSSR count). The fraction of sp³-hybridized carbons (Fsp3) is 0.550. The van der Waals surface area contributed by atoms with Crippen molar-refractivity contribution < 1.29 is 27.6 Å². The minimum Gasteiger partial charge on any atom is -0.324 e. The third-order valence-corrected chi connectivity index (χ3v) is 6.40. The maximum Gasteiger partial charge on any atom is 0.416 e. The van der Waals surface area contributed by atoms with Crippen molar-refractivity contribution in [1.82, 2.24) is 4.90 Å². The van der Waals surface area contributed by atoms with Crippen LogP contribution >= 0.6 is 11.6 Å². The lowest BCUT2D eigenvalue weighted by atomic mass is 9.51. The van der Waals surface area contributed by atoms with E-state index in [2.05, 4.69) is 5.32 Å². The molecule has 158 valence electrons. The van der Waals surface area contributed by atoms with Gasteiger partial charge in [-0.3, -0.25) is 19.3 Å². The summed E-state index contributed by atoms with van der Waals surface area (Å²) in [5.74, 6) is -1.27. The summed E-state index contributed by atoms with van der Waals surface area (Å²) >= 11 is 5.99. The molecule has 1 saturated heterocycles. The van der Waals surface area contributed by atoms with Crippen LogP contribution < -0.4 is 5.32 Å². The summed E-state index contributed by atoms with van der Waals surface area (Å²) in [4.78, 5) is 39.7. The molecule has 1 aromatic rings. The van der Waals surface area contributed by atoms with Gasteiger partial charge in [-0.15, -0.1) is 0 Å². The molecule has 1 aromatic carbocycles. The maximum atomic E-state index is 13.1. The molecular formula is C20H22ClF3N2O3. The average molecular weight is 431 g/mol. The standard InChI is InChI=1S/C20H22ClF3N2O3/c1-17(8-18(2)10-19(3,9-17)16(29)26(4)15(18)28)14(27)25-13-7-11(20(22,23)24)5-6-12(13)21/h5-7H,8-10H2,1-4H3,(H,25,27). The van der Waals surface area contributed by atoms with Crippen LogP contribution in [0.4, 0.5) is 18.9 Å². The topological polar surface area (TPSA) is 66.5 Å². The molecule has 1 saturated carbocycles. The Morgan fingerprint density at radius 2 is 1.59 bits per heavy atom. The van der Waals surface area contributed by atoms with Crippen LogP contribution in [-0.4, -0.2) is 29.7 Å². The molecule has 1 aliphatic carbocycles. The number of piperidine rings is 1. The van der Waals surface area contributed by atoms with E-state index in [4.69, 9.17) is 11.6 Å². The Kier molecular flexibility index (Phi) is 4.81. The lowest BCUT2D eigenvalue weighted by Gasteiger charge is -2.55. The number of carbonyl (C=O) groups excluding carboxylic acids is 3. The van der Waals surface area contributed by atoms with E-state index in [1.165, 1.54) is 7.05 Å². The molecule has 3 amide bonds. The zero-order valence-corrected chi connectivity index (χ0v) is 17.3. The Morgan fingerprint density at radius 3 is 2.07 bits per heavy atom. The second-order valence-electron chi connectivity index (χ2n) is 9.03. The smallest absolute Gasteiger partial charge is 0.324 e. The van der Waals surface area contributed by atoms with E-state index in [1.54, 1.807) is 20.8 Å². The van der Waals surface area contributed by atoms with Crippen LogP contribution in [0.2, 0.25) is 5.02 Å². The van der Waals surface area contributed by atoms with Crippen molar-refractivity contribution in [1.29, 1.82) is 0 Å². The number of nitrogens with one attached hydrogen (secondary N) is 1. The minimum atomic E-state index is -4.58. The lowest BCUT2D eigenvalue weighted by molar-refractivity contribution is -0.177. The molecule has 1 heterocycles. The van der Waals surface area contributed by atoms with Gasteiger partial charge < -0.3 is 5.32 Å². The first-order valence-corrected chi connectivity index (χ1v) is 9.50. The third kappa shape index (κ3) is 3.52. The van der Waals surface area contributed by atoms with E-state index >= 15 is 0 Å². The van der Waals surface area contributed by atoms with Crippen molar-refractivity contribution in [3.63, 3.8) is 0 Å². The van der Waals surface area contributed by atoms with Crippen LogP contribution in [0.25, 0.3) is 0 Å². The average Bonchev–Trinajstić information content (AvgIpc) is 2.58. The fourth-order valence-corrected chi connectivity index (χ4v) is 5.37. The van der Waals surface area contributed by atoms with E-state index in [-0.39, 0.29) is 35.4 Å². The molecule has 29 heavy (non-hydrogen) atoms. The Morgan fingerprint density at radius 1 is 1.07 bits per heavy atom. The number of halogens is 4. The van der Waals surface area contributed by atoms with Crippen LogP contribution in [-0.2, 0) is 20.6 Å². The van der Waals surface area contributed by atoms with Crippen molar-refractivity contribution in [2.75, 3.05) is 12.4 Å². The van der Waals surface area contributed by atoms with E-state index in [1.807, 2.05) is 0 Å². The summed E-state index contributed by atoms with van der Waals surface area (Å²) in [6.45, 7) is 5.07. The molecule has 2 bridgehead atoms. The van der Waals surface area contributed by atoms with Gasteiger partial charge in [0.2, 0.25) is 17.7 Å². The number of rotatable bonds is 2. The van der Waals surface area contributed by atoms with Crippen LogP contribution in [0.1, 0.15) is 45.6 Å². The predicted molar refractivity (Wildman–Crippen MR) is 101 cm³/mol. The number of fused-ring (bicyclic) bond motifs is 2. The number of imide groups is 1. The van der Waals surface area contributed by atoms with Gasteiger partial charge in [0, 0.05) is 23.3 Å². The van der Waals surface area contributed by atoms with Crippen molar-refractivity contribution in [3.05, 3.63) is 28.8 Å². The van der Waals surface area contributed by atoms with Crippen molar-refractivity contribution >= 4 is 35.0 Å². The third-order valence-electron chi connectivity index (χ3n) is 6.07. The van der Waals surface area contributed by atoms with Crippen LogP contribution in [0.3, 0.4) is 0 Å². The first-order chi connectivity index (χ1) is 13.1. The molecule has 0 aromatic heterocycles. The Bertz CT molecular complexity index is 887. The molecule has 5 nitrogen and oxygen atoms in total. The van der Waals surface area contributed by atoms with E-state index in [9.17, 15) is 27.6 Å². The zero-order chi connectivity index (χ0) is 22.0. The molecule has 0 radical (unpaired) electrons. The van der Waals surface area contributed by atoms with Gasteiger partial charge in [-0.1, -0.05) is 32.4 Å². The van der Waals surface area contributed by atoms with Crippen LogP contribution in [0, 0.1) is 16.2 Å². The SMILES string of the molecule is CN1C(=O)C2(C)CC(C)(C(=O)Nc3cc(C(F)(F)F)ccc3Cl)CC(C)(C2)C1=O. The Hall–Kier alpha value is -2.09. The van der Waals surface area contributed by atoms with Gasteiger partial charge >= 0.3 is 6.18 Å². The molecule has 2 unspecified atom stereocenters. The summed E-state index contributed by atoms with van der Waals surface area (Å²) < 4.78 is 39.0. The fourth-order valence-electron chi connectivity index (χ4n) is 5.21. The number of amides is 3. The highest BCUT2D eigenvalue weighted by Gasteiger charge is 2.62. The molecule has 1 aliphatic heterocycles. The largest absolute Gasteiger partial charge is 0.416 e. The number of carbonyl (C=O) groups is 3. The first kappa shape index (κ1) is 21.6. The van der Waals surface area contributed by atoms with E-state index in [0.717, 1.165) is 23.1 Å². The number of nitrogens with zero attached hydrogens (tertiary/aromatic N) is 1. The van der Waals surface area contributed by atoms with Crippen molar-refractivity contribution in [3.8, 4) is 0 Å². The first-order valence-electron chi connectivity index (χ1n) is 9.12. The quantitative estimate of drug-likeness (QED) is 0.702. The predicted octanol–water partition coefficient (Wildman–Crippen LogP) is 4.50. The highest BCUT2D eigenvalue weighted by atomic mass is 35.5. The minimum absolute atomic E-state index is 0.0322. The highest BCUT2D eigenvalue weighted by Crippen LogP contribution is 2.58. The van der Waals surface area contributed by atoms with Gasteiger partial charge in [0.25, 0.3) is 0 Å². The van der Waals surface area contributed by atoms with Crippen molar-refractivity contribution in [2.45, 2.75) is 46.2 Å². The molecule has 2 atom stereocenters. The monoisotopic (exact) mass is 430 g/mol. The van der Waals surface area contributed by atoms with E-state index < -0.39 is 33.9 Å². The van der Waals surface area contributed by atoms with Crippen molar-refractivity contribution in [2.24, 2.45) is 16.2 Å². The van der Waals surface area contributed by atoms with Crippen LogP contribution in [0.5, 0.6) is 0 Å². The molecule has 9 heteroatoms. The van der Waals surface area contributed by atoms with Gasteiger partial charge in [-0.25, -0.2) is 0 Å². The normalized spacial score (nSPS) is 32.3. The Balaban J connectivity index is 1.94. The molecule has 2 aliphatic rings. The molecular weight excluding hydrogens is 409 g/mol. The second-order valence-corrected chi connectivity index (χ2v) is 9.44. The Labute approximate surface area is 171 Å². The van der Waals surface area contributed by atoms with Gasteiger partial charge in [0.05, 0.1) is 16.3 Å². The summed E-state index contributed by atoms with van der Waals surface area (Å²) in [6.07, 6.45) is -3.90. The summed E-state index contributed by atoms with van der Waals surface area (Å²) in [6, 6.07) is 2.68. The molecule has 0 spiro atoms. The summed E-state index contributed by atoms with van der Waals surface area (Å²) in [5.41, 5.74) is -4.06. The molecule has 1 N–H and O–H groups in total. The second kappa shape index (κ2) is 6.45. The van der Waals surface area contributed by atoms with Gasteiger partial charge in [0.1, 0.15) is 0 Å². The number of hydrogen-bond acceptors (Lipinski definition) is 3.